The average Bonchev–Trinajstić information content (AvgIpc) is 1.98. The van der Waals surface area contributed by atoms with Crippen molar-refractivity contribution in [3.8, 4) is 0 Å². The van der Waals surface area contributed by atoms with Crippen LogP contribution in [0.3, 0.4) is 0 Å². The minimum absolute atomic E-state index is 0.716. The maximum Gasteiger partial charge on any atom is 0.00346 e. The molecule has 0 saturated heterocycles. The number of hydrogen-bond donors (Lipinski definition) is 1. The van der Waals surface area contributed by atoms with Crippen LogP contribution >= 0.6 is 12.6 Å². The Balaban J connectivity index is 4.37. The van der Waals surface area contributed by atoms with Crippen molar-refractivity contribution in [3.63, 3.8) is 0 Å². The van der Waals surface area contributed by atoms with Crippen LogP contribution in [0.2, 0.25) is 0 Å². The largest absolute Gasteiger partial charge is 0.143 e. The van der Waals surface area contributed by atoms with E-state index >= 15 is 0 Å². The van der Waals surface area contributed by atoms with E-state index in [-0.39, 0.29) is 0 Å². The average molecular weight is 180 g/mol. The van der Waals surface area contributed by atoms with Crippen LogP contribution in [0.1, 0.15) is 20.8 Å². The van der Waals surface area contributed by atoms with Crippen molar-refractivity contribution in [1.29, 1.82) is 0 Å². The highest BCUT2D eigenvalue weighted by atomic mass is 32.1. The Hall–Kier alpha value is -0.690. The molecular formula is C11H16S. The first-order chi connectivity index (χ1) is 5.45. The summed E-state index contributed by atoms with van der Waals surface area (Å²) in [6, 6.07) is 0. The molecule has 0 heterocycles. The van der Waals surface area contributed by atoms with E-state index in [2.05, 4.69) is 46.6 Å². The highest BCUT2D eigenvalue weighted by Crippen LogP contribution is 2.12. The fourth-order valence-corrected chi connectivity index (χ4v) is 0.563. The van der Waals surface area contributed by atoms with Crippen LogP contribution in [0.4, 0.5) is 0 Å². The summed E-state index contributed by atoms with van der Waals surface area (Å²) in [6.45, 7) is 13.7. The Morgan fingerprint density at radius 2 is 1.58 bits per heavy atom. The number of thiol groups is 1. The molecule has 0 aliphatic rings. The second-order valence-corrected chi connectivity index (χ2v) is 3.53. The standard InChI is InChI=1S/C11H16S/c1-8(2)9(3)6-7-10(4)11(5)12/h6-7,12H,4-5H2,1-3H3/b7-6-. The predicted molar refractivity (Wildman–Crippen MR) is 60.5 cm³/mol. The zero-order chi connectivity index (χ0) is 9.72. The Morgan fingerprint density at radius 3 is 1.92 bits per heavy atom. The zero-order valence-electron chi connectivity index (χ0n) is 8.02. The second kappa shape index (κ2) is 5.04. The lowest BCUT2D eigenvalue weighted by Crippen LogP contribution is -1.76. The maximum absolute atomic E-state index is 4.09. The van der Waals surface area contributed by atoms with Crippen LogP contribution in [0, 0.1) is 0 Å². The van der Waals surface area contributed by atoms with E-state index in [1.807, 2.05) is 12.2 Å². The van der Waals surface area contributed by atoms with Gasteiger partial charge in [0.15, 0.2) is 0 Å². The van der Waals surface area contributed by atoms with E-state index in [4.69, 9.17) is 0 Å². The van der Waals surface area contributed by atoms with E-state index in [0.29, 0.717) is 4.91 Å². The molecule has 0 fully saturated rings. The summed E-state index contributed by atoms with van der Waals surface area (Å²) in [5, 5.41) is 0. The number of allylic oxidation sites excluding steroid dienone is 5. The molecular weight excluding hydrogens is 164 g/mol. The quantitative estimate of drug-likeness (QED) is 0.494. The molecule has 12 heavy (non-hydrogen) atoms. The van der Waals surface area contributed by atoms with Crippen molar-refractivity contribution in [1.82, 2.24) is 0 Å². The SMILES string of the molecule is C=C(S)C(=C)/C=C\C(C)=C(C)C. The Labute approximate surface area is 80.8 Å². The van der Waals surface area contributed by atoms with Gasteiger partial charge in [0, 0.05) is 4.91 Å². The van der Waals surface area contributed by atoms with Crippen molar-refractivity contribution in [2.45, 2.75) is 20.8 Å². The molecule has 0 bridgehead atoms. The Bertz CT molecular complexity index is 250. The van der Waals surface area contributed by atoms with Crippen LogP contribution in [0.5, 0.6) is 0 Å². The lowest BCUT2D eigenvalue weighted by molar-refractivity contribution is 1.29. The molecule has 0 aromatic rings. The van der Waals surface area contributed by atoms with E-state index < -0.39 is 0 Å². The molecule has 0 aliphatic carbocycles. The summed E-state index contributed by atoms with van der Waals surface area (Å²) in [5.41, 5.74) is 3.42. The van der Waals surface area contributed by atoms with Gasteiger partial charge < -0.3 is 0 Å². The van der Waals surface area contributed by atoms with Gasteiger partial charge in [0.1, 0.15) is 0 Å². The smallest absolute Gasteiger partial charge is 0.00346 e. The third kappa shape index (κ3) is 4.24. The fraction of sp³-hybridized carbons (Fsp3) is 0.273. The predicted octanol–water partition coefficient (Wildman–Crippen LogP) is 3.90. The lowest BCUT2D eigenvalue weighted by atomic mass is 10.1. The van der Waals surface area contributed by atoms with Gasteiger partial charge in [0.05, 0.1) is 0 Å². The van der Waals surface area contributed by atoms with Crippen molar-refractivity contribution in [3.05, 3.63) is 46.9 Å². The van der Waals surface area contributed by atoms with Gasteiger partial charge in [-0.2, -0.15) is 0 Å². The van der Waals surface area contributed by atoms with Gasteiger partial charge in [-0.3, -0.25) is 0 Å². The molecule has 0 spiro atoms. The second-order valence-electron chi connectivity index (χ2n) is 2.99. The molecule has 0 saturated carbocycles. The summed E-state index contributed by atoms with van der Waals surface area (Å²) >= 11 is 4.09. The minimum Gasteiger partial charge on any atom is -0.143 e. The molecule has 0 atom stereocenters. The Kier molecular flexibility index (Phi) is 4.75. The zero-order valence-corrected chi connectivity index (χ0v) is 8.91. The van der Waals surface area contributed by atoms with E-state index in [0.717, 1.165) is 5.57 Å². The molecule has 0 aromatic carbocycles. The summed E-state index contributed by atoms with van der Waals surface area (Å²) < 4.78 is 0. The van der Waals surface area contributed by atoms with Gasteiger partial charge in [0.25, 0.3) is 0 Å². The van der Waals surface area contributed by atoms with Gasteiger partial charge in [-0.05, 0) is 26.3 Å². The lowest BCUT2D eigenvalue weighted by Gasteiger charge is -1.97. The first-order valence-corrected chi connectivity index (χ1v) is 4.29. The molecule has 0 nitrogen and oxygen atoms in total. The molecule has 0 amide bonds. The van der Waals surface area contributed by atoms with Crippen molar-refractivity contribution in [2.24, 2.45) is 0 Å². The molecule has 0 aliphatic heterocycles. The van der Waals surface area contributed by atoms with Crippen LogP contribution in [0.15, 0.2) is 46.9 Å². The summed E-state index contributed by atoms with van der Waals surface area (Å²) in [4.78, 5) is 0.716. The van der Waals surface area contributed by atoms with Gasteiger partial charge in [-0.25, -0.2) is 0 Å². The first-order valence-electron chi connectivity index (χ1n) is 3.84. The van der Waals surface area contributed by atoms with Crippen LogP contribution < -0.4 is 0 Å². The maximum atomic E-state index is 4.09. The minimum atomic E-state index is 0.716. The molecule has 0 N–H and O–H groups in total. The molecule has 66 valence electrons. The van der Waals surface area contributed by atoms with E-state index in [1.165, 1.54) is 11.1 Å². The molecule has 0 radical (unpaired) electrons. The van der Waals surface area contributed by atoms with Crippen molar-refractivity contribution >= 4 is 12.6 Å². The van der Waals surface area contributed by atoms with Crippen molar-refractivity contribution < 1.29 is 0 Å². The molecule has 1 heteroatoms. The topological polar surface area (TPSA) is 0 Å². The van der Waals surface area contributed by atoms with Gasteiger partial charge in [-0.1, -0.05) is 36.5 Å². The van der Waals surface area contributed by atoms with Gasteiger partial charge in [-0.15, -0.1) is 12.6 Å². The summed E-state index contributed by atoms with van der Waals surface area (Å²) in [7, 11) is 0. The fourth-order valence-electron chi connectivity index (χ4n) is 0.488. The van der Waals surface area contributed by atoms with Crippen LogP contribution in [-0.2, 0) is 0 Å². The number of rotatable bonds is 3. The molecule has 0 unspecified atom stereocenters. The van der Waals surface area contributed by atoms with Crippen LogP contribution in [-0.4, -0.2) is 0 Å². The molecule has 0 aromatic heterocycles. The van der Waals surface area contributed by atoms with Crippen molar-refractivity contribution in [2.75, 3.05) is 0 Å². The molecule has 0 rings (SSSR count). The summed E-state index contributed by atoms with van der Waals surface area (Å²) in [5.74, 6) is 0. The normalized spacial score (nSPS) is 10.0. The highest BCUT2D eigenvalue weighted by Gasteiger charge is 1.89. The number of hydrogen-bond acceptors (Lipinski definition) is 1. The van der Waals surface area contributed by atoms with Crippen LogP contribution in [0.25, 0.3) is 0 Å². The van der Waals surface area contributed by atoms with Gasteiger partial charge in [0.2, 0.25) is 0 Å². The first kappa shape index (κ1) is 11.3. The van der Waals surface area contributed by atoms with E-state index in [9.17, 15) is 0 Å². The Morgan fingerprint density at radius 1 is 1.08 bits per heavy atom. The monoisotopic (exact) mass is 180 g/mol. The third-order valence-corrected chi connectivity index (χ3v) is 1.98. The van der Waals surface area contributed by atoms with E-state index in [1.54, 1.807) is 0 Å². The van der Waals surface area contributed by atoms with Gasteiger partial charge >= 0.3 is 0 Å². The third-order valence-electron chi connectivity index (χ3n) is 1.69. The highest BCUT2D eigenvalue weighted by molar-refractivity contribution is 7.84. The summed E-state index contributed by atoms with van der Waals surface area (Å²) in [6.07, 6.45) is 3.96.